The van der Waals surface area contributed by atoms with E-state index in [0.29, 0.717) is 5.78 Å². The summed E-state index contributed by atoms with van der Waals surface area (Å²) in [5.41, 5.74) is 3.27. The predicted octanol–water partition coefficient (Wildman–Crippen LogP) is 2.57. The third kappa shape index (κ3) is 5.31. The van der Waals surface area contributed by atoms with Gasteiger partial charge < -0.3 is 9.80 Å². The number of anilines is 1. The summed E-state index contributed by atoms with van der Waals surface area (Å²) in [5, 5.41) is 0. The highest BCUT2D eigenvalue weighted by molar-refractivity contribution is 5.79. The average molecular weight is 290 g/mol. The van der Waals surface area contributed by atoms with Crippen molar-refractivity contribution in [1.29, 1.82) is 0 Å². The molecule has 4 heteroatoms. The Kier molecular flexibility index (Phi) is 7.09. The lowest BCUT2D eigenvalue weighted by molar-refractivity contribution is -0.121. The number of piperidine rings is 1. The fraction of sp³-hybridized carbons (Fsp3) is 0.529. The van der Waals surface area contributed by atoms with Crippen LogP contribution in [0.25, 0.3) is 0 Å². The molecular formula is C17H26N2O2. The minimum Gasteiger partial charge on any atom is -0.318 e. The summed E-state index contributed by atoms with van der Waals surface area (Å²) in [7, 11) is 1.77. The highest BCUT2D eigenvalue weighted by atomic mass is 16.1. The quantitative estimate of drug-likeness (QED) is 0.803. The highest BCUT2D eigenvalue weighted by Gasteiger charge is 2.13. The molecule has 1 heterocycles. The van der Waals surface area contributed by atoms with E-state index in [-0.39, 0.29) is 0 Å². The maximum absolute atomic E-state index is 10.7. The van der Waals surface area contributed by atoms with Crippen molar-refractivity contribution in [3.63, 3.8) is 0 Å². The first-order valence-corrected chi connectivity index (χ1v) is 7.48. The number of rotatable bonds is 3. The largest absolute Gasteiger partial charge is 0.318 e. The zero-order valence-corrected chi connectivity index (χ0v) is 13.6. The van der Waals surface area contributed by atoms with Gasteiger partial charge in [-0.05, 0) is 31.5 Å². The second-order valence-corrected chi connectivity index (χ2v) is 5.43. The maximum atomic E-state index is 10.7. The minimum absolute atomic E-state index is 0.430. The number of carbonyl (C=O) groups excluding carboxylic acids is 2. The molecule has 116 valence electrons. The van der Waals surface area contributed by atoms with E-state index in [1.54, 1.807) is 11.9 Å². The molecule has 4 nitrogen and oxygen atoms in total. The smallest absolute Gasteiger partial charge is 0.213 e. The molecule has 1 amide bonds. The summed E-state index contributed by atoms with van der Waals surface area (Å²) < 4.78 is 0. The lowest BCUT2D eigenvalue weighted by atomic mass is 10.1. The number of likely N-dealkylation sites (tertiary alicyclic amines) is 1. The van der Waals surface area contributed by atoms with E-state index in [1.807, 2.05) is 32.0 Å². The molecule has 0 aliphatic carbocycles. The molecule has 1 fully saturated rings. The van der Waals surface area contributed by atoms with Crippen molar-refractivity contribution < 1.29 is 9.59 Å². The standard InChI is InChI=1S/C10H13NO.C7H13NO/c1-8-5-4-6-9(2)10(8)11(3)7-12;1-2-8-5-3-7(9)4-6-8/h4-7H,1-3H3;2-6H2,1H3. The number of hydrogen-bond acceptors (Lipinski definition) is 3. The number of para-hydroxylation sites is 1. The lowest BCUT2D eigenvalue weighted by Crippen LogP contribution is -2.33. The fourth-order valence-corrected chi connectivity index (χ4v) is 2.53. The molecule has 0 atom stereocenters. The monoisotopic (exact) mass is 290 g/mol. The van der Waals surface area contributed by atoms with Crippen molar-refractivity contribution in [1.82, 2.24) is 4.90 Å². The van der Waals surface area contributed by atoms with Crippen LogP contribution < -0.4 is 4.90 Å². The molecule has 0 bridgehead atoms. The van der Waals surface area contributed by atoms with Crippen LogP contribution in [0.1, 0.15) is 30.9 Å². The number of benzene rings is 1. The summed E-state index contributed by atoms with van der Waals surface area (Å²) in [4.78, 5) is 25.1. The number of amides is 1. The first-order chi connectivity index (χ1) is 9.99. The molecule has 1 aliphatic rings. The number of Topliss-reactive ketones (excluding diaryl/α,β-unsaturated/α-hetero) is 1. The van der Waals surface area contributed by atoms with Crippen molar-refractivity contribution in [2.75, 3.05) is 31.6 Å². The molecule has 1 aromatic rings. The van der Waals surface area contributed by atoms with Gasteiger partial charge in [-0.25, -0.2) is 0 Å². The van der Waals surface area contributed by atoms with E-state index in [2.05, 4.69) is 11.8 Å². The zero-order chi connectivity index (χ0) is 15.8. The molecule has 0 radical (unpaired) electrons. The Hall–Kier alpha value is -1.68. The molecular weight excluding hydrogens is 264 g/mol. The van der Waals surface area contributed by atoms with Gasteiger partial charge in [0.1, 0.15) is 5.78 Å². The highest BCUT2D eigenvalue weighted by Crippen LogP contribution is 2.21. The molecule has 2 rings (SSSR count). The zero-order valence-electron chi connectivity index (χ0n) is 13.6. The molecule has 0 saturated carbocycles. The van der Waals surface area contributed by atoms with Crippen LogP contribution in [-0.2, 0) is 9.59 Å². The van der Waals surface area contributed by atoms with Crippen LogP contribution in [0, 0.1) is 13.8 Å². The van der Waals surface area contributed by atoms with E-state index in [0.717, 1.165) is 55.7 Å². The number of aryl methyl sites for hydroxylation is 2. The molecule has 1 aliphatic heterocycles. The summed E-state index contributed by atoms with van der Waals surface area (Å²) in [5.74, 6) is 0.430. The average Bonchev–Trinajstić information content (AvgIpc) is 2.48. The van der Waals surface area contributed by atoms with Gasteiger partial charge in [0.05, 0.1) is 0 Å². The molecule has 0 aromatic heterocycles. The van der Waals surface area contributed by atoms with Crippen LogP contribution in [0.2, 0.25) is 0 Å². The normalized spacial score (nSPS) is 15.1. The van der Waals surface area contributed by atoms with Gasteiger partial charge in [0.25, 0.3) is 0 Å². The molecule has 0 unspecified atom stereocenters. The summed E-state index contributed by atoms with van der Waals surface area (Å²) in [6, 6.07) is 6.00. The van der Waals surface area contributed by atoms with Gasteiger partial charge in [-0.3, -0.25) is 9.59 Å². The van der Waals surface area contributed by atoms with Crippen molar-refractivity contribution in [3.8, 4) is 0 Å². The third-order valence-corrected chi connectivity index (χ3v) is 3.81. The molecule has 0 N–H and O–H groups in total. The minimum atomic E-state index is 0.430. The fourth-order valence-electron chi connectivity index (χ4n) is 2.53. The van der Waals surface area contributed by atoms with Crippen LogP contribution in [0.4, 0.5) is 5.69 Å². The van der Waals surface area contributed by atoms with Crippen LogP contribution in [0.3, 0.4) is 0 Å². The van der Waals surface area contributed by atoms with E-state index >= 15 is 0 Å². The summed E-state index contributed by atoms with van der Waals surface area (Å²) >= 11 is 0. The number of ketones is 1. The van der Waals surface area contributed by atoms with Crippen molar-refractivity contribution in [3.05, 3.63) is 29.3 Å². The second-order valence-electron chi connectivity index (χ2n) is 5.43. The summed E-state index contributed by atoms with van der Waals surface area (Å²) in [6.07, 6.45) is 2.37. The van der Waals surface area contributed by atoms with Crippen molar-refractivity contribution in [2.24, 2.45) is 0 Å². The number of nitrogens with zero attached hydrogens (tertiary/aromatic N) is 2. The summed E-state index contributed by atoms with van der Waals surface area (Å²) in [6.45, 7) is 9.19. The van der Waals surface area contributed by atoms with E-state index in [9.17, 15) is 9.59 Å². The second kappa shape index (κ2) is 8.57. The lowest BCUT2D eigenvalue weighted by Gasteiger charge is -2.23. The Morgan fingerprint density at radius 2 is 1.71 bits per heavy atom. The van der Waals surface area contributed by atoms with Gasteiger partial charge in [0, 0.05) is 38.7 Å². The first kappa shape index (κ1) is 17.4. The van der Waals surface area contributed by atoms with Gasteiger partial charge in [-0.1, -0.05) is 25.1 Å². The van der Waals surface area contributed by atoms with E-state index < -0.39 is 0 Å². The van der Waals surface area contributed by atoms with Crippen LogP contribution >= 0.6 is 0 Å². The Bertz CT molecular complexity index is 455. The number of hydrogen-bond donors (Lipinski definition) is 0. The molecule has 21 heavy (non-hydrogen) atoms. The van der Waals surface area contributed by atoms with Crippen molar-refractivity contribution in [2.45, 2.75) is 33.6 Å². The Morgan fingerprint density at radius 3 is 2.14 bits per heavy atom. The Labute approximate surface area is 127 Å². The van der Waals surface area contributed by atoms with Crippen LogP contribution in [0.15, 0.2) is 18.2 Å². The SMILES string of the molecule is CCN1CCC(=O)CC1.Cc1cccc(C)c1N(C)C=O. The third-order valence-electron chi connectivity index (χ3n) is 3.81. The van der Waals surface area contributed by atoms with Crippen molar-refractivity contribution >= 4 is 17.9 Å². The van der Waals surface area contributed by atoms with Gasteiger partial charge in [0.2, 0.25) is 6.41 Å². The van der Waals surface area contributed by atoms with Gasteiger partial charge in [0.15, 0.2) is 0 Å². The van der Waals surface area contributed by atoms with Gasteiger partial charge in [-0.15, -0.1) is 0 Å². The predicted molar refractivity (Wildman–Crippen MR) is 86.7 cm³/mol. The molecule has 1 aromatic carbocycles. The number of carbonyl (C=O) groups is 2. The molecule has 0 spiro atoms. The Morgan fingerprint density at radius 1 is 1.19 bits per heavy atom. The Balaban J connectivity index is 0.000000219. The van der Waals surface area contributed by atoms with Gasteiger partial charge >= 0.3 is 0 Å². The van der Waals surface area contributed by atoms with Gasteiger partial charge in [-0.2, -0.15) is 0 Å². The maximum Gasteiger partial charge on any atom is 0.213 e. The van der Waals surface area contributed by atoms with E-state index in [4.69, 9.17) is 0 Å². The van der Waals surface area contributed by atoms with Crippen LogP contribution in [-0.4, -0.2) is 43.8 Å². The topological polar surface area (TPSA) is 40.6 Å². The first-order valence-electron chi connectivity index (χ1n) is 7.48. The van der Waals surface area contributed by atoms with Crippen LogP contribution in [0.5, 0.6) is 0 Å². The molecule has 1 saturated heterocycles. The van der Waals surface area contributed by atoms with E-state index in [1.165, 1.54) is 0 Å².